The summed E-state index contributed by atoms with van der Waals surface area (Å²) in [5.41, 5.74) is 6.51. The maximum absolute atomic E-state index is 14.9. The number of ether oxygens (including phenoxy) is 7. The van der Waals surface area contributed by atoms with Crippen LogP contribution in [0, 0.1) is 11.3 Å². The van der Waals surface area contributed by atoms with Crippen molar-refractivity contribution < 1.29 is 51.3 Å². The molecule has 0 saturated carbocycles. The quantitative estimate of drug-likeness (QED) is 0.0359. The number of fused-ring (bicyclic) bond motifs is 2. The van der Waals surface area contributed by atoms with E-state index in [0.717, 1.165) is 19.3 Å². The normalized spacial score (nSPS) is 20.9. The number of halogens is 1. The third-order valence-corrected chi connectivity index (χ3v) is 14.3. The summed E-state index contributed by atoms with van der Waals surface area (Å²) in [6.45, 7) is 7.70. The van der Waals surface area contributed by atoms with Crippen molar-refractivity contribution in [3.05, 3.63) is 71.1 Å². The van der Waals surface area contributed by atoms with E-state index in [1.165, 1.54) is 104 Å². The summed E-state index contributed by atoms with van der Waals surface area (Å²) in [5, 5.41) is 14.4. The van der Waals surface area contributed by atoms with E-state index >= 15 is 0 Å². The Morgan fingerprint density at radius 1 is 0.826 bits per heavy atom. The first kappa shape index (κ1) is 54.2. The Hall–Kier alpha value is -4.17. The molecule has 69 heavy (non-hydrogen) atoms. The maximum Gasteiger partial charge on any atom is 0.530 e. The number of unbranched alkanes of at least 4 members (excludes halogenated alkanes) is 15. The maximum atomic E-state index is 14.9. The third-order valence-electron chi connectivity index (χ3n) is 12.6. The highest BCUT2D eigenvalue weighted by Crippen LogP contribution is 2.54. The van der Waals surface area contributed by atoms with Crippen LogP contribution in [0.15, 0.2) is 54.9 Å². The number of benzene rings is 2. The Balaban J connectivity index is 1.09. The SMILES string of the molecule is CCCCCCCCCCCCCCCCCCOC[C@H](COP(=O)(OC[C@H]1O[C@@](C)(c2ccc3c(N)ncnn23)[C@@H]2OC(C)(C)O[C@@H]21)Oc1ccccc1Cl)Oc1cc(OC)c(C#N)c(OC)c1. The van der Waals surface area contributed by atoms with Gasteiger partial charge in [-0.05, 0) is 51.5 Å². The number of anilines is 1. The number of methoxy groups -OCH3 is 2. The second-order valence-corrected chi connectivity index (χ2v) is 20.4. The molecule has 1 unspecified atom stereocenters. The molecule has 0 radical (unpaired) electrons. The fraction of sp³-hybridized carbons (Fsp3) is 0.627. The van der Waals surface area contributed by atoms with E-state index in [9.17, 15) is 9.83 Å². The van der Waals surface area contributed by atoms with Crippen molar-refractivity contribution in [1.82, 2.24) is 14.6 Å². The zero-order valence-electron chi connectivity index (χ0n) is 41.3. The second-order valence-electron chi connectivity index (χ2n) is 18.4. The Labute approximate surface area is 413 Å². The number of hydrogen-bond donors (Lipinski definition) is 1. The number of nitriles is 1. The van der Waals surface area contributed by atoms with Crippen LogP contribution in [0.25, 0.3) is 5.52 Å². The van der Waals surface area contributed by atoms with Gasteiger partial charge in [0.1, 0.15) is 76.5 Å². The van der Waals surface area contributed by atoms with Crippen LogP contribution in [0.2, 0.25) is 5.02 Å². The molecule has 0 bridgehead atoms. The Bertz CT molecular complexity index is 2290. The highest BCUT2D eigenvalue weighted by atomic mass is 35.5. The Kier molecular flexibility index (Phi) is 20.7. The molecule has 2 aliphatic rings. The molecule has 2 aromatic heterocycles. The molecule has 4 heterocycles. The van der Waals surface area contributed by atoms with Gasteiger partial charge in [-0.1, -0.05) is 127 Å². The summed E-state index contributed by atoms with van der Waals surface area (Å²) >= 11 is 6.52. The van der Waals surface area contributed by atoms with Crippen molar-refractivity contribution in [1.29, 1.82) is 5.26 Å². The molecule has 18 heteroatoms. The summed E-state index contributed by atoms with van der Waals surface area (Å²) in [4.78, 5) is 4.12. The number of hydrogen-bond acceptors (Lipinski definition) is 15. The monoisotopic (exact) mass is 997 g/mol. The minimum absolute atomic E-state index is 0.0584. The highest BCUT2D eigenvalue weighted by Gasteiger charge is 2.62. The van der Waals surface area contributed by atoms with Gasteiger partial charge in [-0.25, -0.2) is 14.1 Å². The van der Waals surface area contributed by atoms with E-state index in [0.29, 0.717) is 29.4 Å². The molecule has 2 aromatic carbocycles. The fourth-order valence-electron chi connectivity index (χ4n) is 9.01. The molecule has 16 nitrogen and oxygen atoms in total. The number of rotatable bonds is 32. The van der Waals surface area contributed by atoms with E-state index < -0.39 is 43.6 Å². The number of aromatic nitrogens is 3. The number of nitrogens with zero attached hydrogens (tertiary/aromatic N) is 4. The zero-order chi connectivity index (χ0) is 49.3. The zero-order valence-corrected chi connectivity index (χ0v) is 43.0. The minimum Gasteiger partial charge on any atom is -0.495 e. The molecule has 6 atom stereocenters. The van der Waals surface area contributed by atoms with Gasteiger partial charge >= 0.3 is 7.82 Å². The van der Waals surface area contributed by atoms with Crippen molar-refractivity contribution >= 4 is 30.8 Å². The van der Waals surface area contributed by atoms with Crippen LogP contribution >= 0.6 is 19.4 Å². The predicted octanol–water partition coefficient (Wildman–Crippen LogP) is 11.9. The van der Waals surface area contributed by atoms with Gasteiger partial charge in [-0.3, -0.25) is 9.05 Å². The van der Waals surface area contributed by atoms with Gasteiger partial charge in [0.05, 0.1) is 44.8 Å². The molecule has 0 spiro atoms. The van der Waals surface area contributed by atoms with E-state index in [1.807, 2.05) is 32.9 Å². The first-order valence-corrected chi connectivity index (χ1v) is 26.5. The largest absolute Gasteiger partial charge is 0.530 e. The predicted molar refractivity (Wildman–Crippen MR) is 264 cm³/mol. The second kappa shape index (κ2) is 26.3. The number of nitrogen functional groups attached to an aromatic ring is 1. The van der Waals surface area contributed by atoms with Crippen LogP contribution in [0.5, 0.6) is 23.0 Å². The van der Waals surface area contributed by atoms with Crippen molar-refractivity contribution in [2.75, 3.05) is 46.4 Å². The van der Waals surface area contributed by atoms with Crippen LogP contribution < -0.4 is 24.5 Å². The lowest BCUT2D eigenvalue weighted by atomic mass is 9.93. The molecule has 380 valence electrons. The van der Waals surface area contributed by atoms with E-state index in [1.54, 1.807) is 40.9 Å². The van der Waals surface area contributed by atoms with Crippen LogP contribution in [0.3, 0.4) is 0 Å². The summed E-state index contributed by atoms with van der Waals surface area (Å²) in [6, 6.07) is 15.5. The van der Waals surface area contributed by atoms with Crippen LogP contribution in [0.4, 0.5) is 5.82 Å². The smallest absolute Gasteiger partial charge is 0.495 e. The van der Waals surface area contributed by atoms with Crippen molar-refractivity contribution in [3.63, 3.8) is 0 Å². The molecular formula is C51H73ClN5O11P. The van der Waals surface area contributed by atoms with Crippen molar-refractivity contribution in [2.45, 2.75) is 166 Å². The van der Waals surface area contributed by atoms with Gasteiger partial charge in [0.2, 0.25) is 0 Å². The summed E-state index contributed by atoms with van der Waals surface area (Å²) in [5.74, 6) is 0.211. The van der Waals surface area contributed by atoms with Crippen molar-refractivity contribution in [3.8, 4) is 29.1 Å². The minimum atomic E-state index is -4.55. The number of phosphoric ester groups is 1. The van der Waals surface area contributed by atoms with E-state index in [-0.39, 0.29) is 47.7 Å². The van der Waals surface area contributed by atoms with Crippen molar-refractivity contribution in [2.24, 2.45) is 0 Å². The van der Waals surface area contributed by atoms with E-state index in [4.69, 9.17) is 64.1 Å². The molecule has 2 aliphatic heterocycles. The average molecular weight is 999 g/mol. The fourth-order valence-corrected chi connectivity index (χ4v) is 10.5. The summed E-state index contributed by atoms with van der Waals surface area (Å²) in [6.07, 6.45) is 18.8. The molecule has 2 saturated heterocycles. The van der Waals surface area contributed by atoms with Crippen LogP contribution in [-0.2, 0) is 38.2 Å². The lowest BCUT2D eigenvalue weighted by Gasteiger charge is -2.31. The molecule has 0 amide bonds. The van der Waals surface area contributed by atoms with Gasteiger partial charge in [-0.15, -0.1) is 0 Å². The Morgan fingerprint density at radius 3 is 2.06 bits per heavy atom. The molecular weight excluding hydrogens is 925 g/mol. The molecule has 2 N–H and O–H groups in total. The highest BCUT2D eigenvalue weighted by molar-refractivity contribution is 7.49. The van der Waals surface area contributed by atoms with Gasteiger partial charge in [0, 0.05) is 18.7 Å². The molecule has 2 fully saturated rings. The number of nitrogens with two attached hydrogens (primary N) is 1. The first-order valence-electron chi connectivity index (χ1n) is 24.7. The van der Waals surface area contributed by atoms with E-state index in [2.05, 4.69) is 23.1 Å². The van der Waals surface area contributed by atoms with Gasteiger partial charge in [0.25, 0.3) is 0 Å². The molecule has 4 aromatic rings. The van der Waals surface area contributed by atoms with Crippen LogP contribution in [0.1, 0.15) is 142 Å². The summed E-state index contributed by atoms with van der Waals surface area (Å²) in [7, 11) is -1.64. The standard InChI is InChI=1S/C51H73ClN5O11P/c1-7-8-9-10-11-12-13-14-15-16-17-18-19-20-21-24-29-61-33-38(64-37-30-43(59-5)39(32-53)44(31-37)60-6)34-62-69(58,68-42-26-23-22-25-40(42)52)63-35-45-47-48(67-50(2,3)66-47)51(4,65-45)46-28-27-41-49(54)55-36-56-57(41)46/h22-23,25-28,30-31,36,38,45,47-48H,7-21,24,29,33-35H2,1-6H3,(H2,54,55,56)/t38-,45-,47-,48-,51+,69?/m1/s1. The lowest BCUT2D eigenvalue weighted by molar-refractivity contribution is -0.212. The first-order chi connectivity index (χ1) is 33.3. The molecule has 6 rings (SSSR count). The topological polar surface area (TPSA) is 189 Å². The van der Waals surface area contributed by atoms with Crippen LogP contribution in [-0.4, -0.2) is 85.4 Å². The van der Waals surface area contributed by atoms with Gasteiger partial charge in [0.15, 0.2) is 11.6 Å². The lowest BCUT2D eigenvalue weighted by Crippen LogP contribution is -2.39. The molecule has 0 aliphatic carbocycles. The third kappa shape index (κ3) is 14.9. The summed E-state index contributed by atoms with van der Waals surface area (Å²) < 4.78 is 78.1. The van der Waals surface area contributed by atoms with Gasteiger partial charge in [-0.2, -0.15) is 10.4 Å². The van der Waals surface area contributed by atoms with Gasteiger partial charge < -0.3 is 43.4 Å². The average Bonchev–Trinajstić information content (AvgIpc) is 4.01. The Morgan fingerprint density at radius 2 is 1.45 bits per heavy atom. The number of phosphoric acid groups is 1. The number of para-hydroxylation sites is 1.